The van der Waals surface area contributed by atoms with Crippen molar-refractivity contribution < 1.29 is 13.2 Å². The van der Waals surface area contributed by atoms with Gasteiger partial charge in [-0.25, -0.2) is 12.7 Å². The van der Waals surface area contributed by atoms with Crippen molar-refractivity contribution in [2.24, 2.45) is 11.8 Å². The molecule has 2 fully saturated rings. The summed E-state index contributed by atoms with van der Waals surface area (Å²) in [5, 5.41) is 3.23. The topological polar surface area (TPSA) is 66.5 Å². The quantitative estimate of drug-likeness (QED) is 0.885. The fourth-order valence-corrected chi connectivity index (χ4v) is 4.27. The van der Waals surface area contributed by atoms with E-state index in [2.05, 4.69) is 36.5 Å². The molecule has 1 heterocycles. The van der Waals surface area contributed by atoms with Crippen molar-refractivity contribution in [3.63, 3.8) is 0 Å². The number of amides is 1. The Bertz CT molecular complexity index is 687. The molecule has 1 aromatic rings. The van der Waals surface area contributed by atoms with Crippen molar-refractivity contribution in [3.05, 3.63) is 35.4 Å². The lowest BCUT2D eigenvalue weighted by Crippen LogP contribution is -2.43. The number of rotatable bonds is 5. The van der Waals surface area contributed by atoms with Crippen LogP contribution in [0.2, 0.25) is 0 Å². The van der Waals surface area contributed by atoms with E-state index in [1.54, 1.807) is 0 Å². The predicted molar refractivity (Wildman–Crippen MR) is 93.9 cm³/mol. The molecule has 1 amide bonds. The summed E-state index contributed by atoms with van der Waals surface area (Å²) >= 11 is 0. The van der Waals surface area contributed by atoms with E-state index in [4.69, 9.17) is 0 Å². The van der Waals surface area contributed by atoms with Gasteiger partial charge in [0.15, 0.2) is 0 Å². The van der Waals surface area contributed by atoms with E-state index in [0.29, 0.717) is 31.8 Å². The number of nitrogens with zero attached hydrogens (tertiary/aromatic N) is 1. The molecule has 132 valence electrons. The Labute approximate surface area is 144 Å². The van der Waals surface area contributed by atoms with Crippen molar-refractivity contribution in [1.29, 1.82) is 0 Å². The summed E-state index contributed by atoms with van der Waals surface area (Å²) < 4.78 is 24.6. The fraction of sp³-hybridized carbons (Fsp3) is 0.611. The number of sulfonamides is 1. The van der Waals surface area contributed by atoms with E-state index < -0.39 is 10.0 Å². The standard InChI is InChI=1S/C18H26N2O3S/c1-13-3-5-14(6-4-13)17(15-7-8-15)19-18(21)16-9-11-20(12-10-16)24(2,22)23/h3-6,15-17H,7-12H2,1-2H3,(H,19,21). The second kappa shape index (κ2) is 6.84. The highest BCUT2D eigenvalue weighted by atomic mass is 32.2. The van der Waals surface area contributed by atoms with Gasteiger partial charge in [0.2, 0.25) is 15.9 Å². The van der Waals surface area contributed by atoms with Crippen LogP contribution in [0.5, 0.6) is 0 Å². The highest BCUT2D eigenvalue weighted by Gasteiger charge is 2.36. The molecule has 1 N–H and O–H groups in total. The number of carbonyl (C=O) groups excluding carboxylic acids is 1. The highest BCUT2D eigenvalue weighted by Crippen LogP contribution is 2.41. The molecule has 1 unspecified atom stereocenters. The van der Waals surface area contributed by atoms with E-state index in [1.807, 2.05) is 0 Å². The van der Waals surface area contributed by atoms with E-state index >= 15 is 0 Å². The minimum atomic E-state index is -3.15. The summed E-state index contributed by atoms with van der Waals surface area (Å²) in [6, 6.07) is 8.46. The van der Waals surface area contributed by atoms with Crippen molar-refractivity contribution in [2.45, 2.75) is 38.6 Å². The maximum Gasteiger partial charge on any atom is 0.223 e. The summed E-state index contributed by atoms with van der Waals surface area (Å²) in [4.78, 5) is 12.7. The summed E-state index contributed by atoms with van der Waals surface area (Å²) in [5.74, 6) is 0.517. The zero-order chi connectivity index (χ0) is 17.3. The molecular formula is C18H26N2O3S. The molecule has 5 nitrogen and oxygen atoms in total. The van der Waals surface area contributed by atoms with Crippen LogP contribution in [0.15, 0.2) is 24.3 Å². The van der Waals surface area contributed by atoms with Gasteiger partial charge >= 0.3 is 0 Å². The SMILES string of the molecule is Cc1ccc(C(NC(=O)C2CCN(S(C)(=O)=O)CC2)C2CC2)cc1. The molecule has 0 aromatic heterocycles. The third-order valence-corrected chi connectivity index (χ3v) is 6.42. The number of hydrogen-bond donors (Lipinski definition) is 1. The third-order valence-electron chi connectivity index (χ3n) is 5.12. The molecule has 6 heteroatoms. The molecule has 1 atom stereocenters. The molecule has 2 aliphatic rings. The monoisotopic (exact) mass is 350 g/mol. The minimum Gasteiger partial charge on any atom is -0.349 e. The zero-order valence-corrected chi connectivity index (χ0v) is 15.2. The van der Waals surface area contributed by atoms with Crippen molar-refractivity contribution in [1.82, 2.24) is 9.62 Å². The zero-order valence-electron chi connectivity index (χ0n) is 14.4. The largest absolute Gasteiger partial charge is 0.349 e. The average Bonchev–Trinajstić information content (AvgIpc) is 3.37. The van der Waals surface area contributed by atoms with E-state index in [0.717, 1.165) is 12.8 Å². The Hall–Kier alpha value is -1.40. The first-order chi connectivity index (χ1) is 11.3. The van der Waals surface area contributed by atoms with Crippen LogP contribution in [0.1, 0.15) is 42.9 Å². The van der Waals surface area contributed by atoms with Gasteiger partial charge in [0.25, 0.3) is 0 Å². The molecule has 1 aromatic carbocycles. The van der Waals surface area contributed by atoms with Gasteiger partial charge in [0.05, 0.1) is 12.3 Å². The summed E-state index contributed by atoms with van der Waals surface area (Å²) in [6.45, 7) is 2.94. The summed E-state index contributed by atoms with van der Waals surface area (Å²) in [5.41, 5.74) is 2.39. The molecular weight excluding hydrogens is 324 g/mol. The van der Waals surface area contributed by atoms with E-state index in [9.17, 15) is 13.2 Å². The lowest BCUT2D eigenvalue weighted by Gasteiger charge is -2.30. The molecule has 3 rings (SSSR count). The Morgan fingerprint density at radius 3 is 2.21 bits per heavy atom. The Morgan fingerprint density at radius 2 is 1.71 bits per heavy atom. The molecule has 0 bridgehead atoms. The van der Waals surface area contributed by atoms with Gasteiger partial charge in [-0.05, 0) is 44.1 Å². The highest BCUT2D eigenvalue weighted by molar-refractivity contribution is 7.88. The van der Waals surface area contributed by atoms with Crippen LogP contribution in [0, 0.1) is 18.8 Å². The number of piperidine rings is 1. The maximum absolute atomic E-state index is 12.7. The van der Waals surface area contributed by atoms with Gasteiger partial charge in [-0.2, -0.15) is 0 Å². The molecule has 1 saturated heterocycles. The second-order valence-electron chi connectivity index (χ2n) is 7.17. The van der Waals surface area contributed by atoms with E-state index in [-0.39, 0.29) is 17.9 Å². The van der Waals surface area contributed by atoms with Crippen LogP contribution in [0.4, 0.5) is 0 Å². The number of aryl methyl sites for hydroxylation is 1. The van der Waals surface area contributed by atoms with Gasteiger partial charge < -0.3 is 5.32 Å². The lowest BCUT2D eigenvalue weighted by atomic mass is 9.95. The van der Waals surface area contributed by atoms with Gasteiger partial charge in [-0.1, -0.05) is 29.8 Å². The number of carbonyl (C=O) groups is 1. The van der Waals surface area contributed by atoms with Crippen LogP contribution in [-0.2, 0) is 14.8 Å². The van der Waals surface area contributed by atoms with Crippen LogP contribution in [-0.4, -0.2) is 38.0 Å². The van der Waals surface area contributed by atoms with Crippen LogP contribution >= 0.6 is 0 Å². The average molecular weight is 350 g/mol. The van der Waals surface area contributed by atoms with Crippen LogP contribution in [0.3, 0.4) is 0 Å². The van der Waals surface area contributed by atoms with Crippen molar-refractivity contribution in [3.8, 4) is 0 Å². The normalized spacial score (nSPS) is 21.4. The molecule has 0 radical (unpaired) electrons. The Balaban J connectivity index is 1.62. The number of benzene rings is 1. The Kier molecular flexibility index (Phi) is 4.97. The predicted octanol–water partition coefficient (Wildman–Crippen LogP) is 2.23. The van der Waals surface area contributed by atoms with Crippen LogP contribution in [0.25, 0.3) is 0 Å². The lowest BCUT2D eigenvalue weighted by molar-refractivity contribution is -0.127. The molecule has 1 aliphatic heterocycles. The minimum absolute atomic E-state index is 0.0700. The van der Waals surface area contributed by atoms with Gasteiger partial charge in [0, 0.05) is 19.0 Å². The fourth-order valence-electron chi connectivity index (χ4n) is 3.40. The van der Waals surface area contributed by atoms with Gasteiger partial charge in [-0.15, -0.1) is 0 Å². The summed E-state index contributed by atoms with van der Waals surface area (Å²) in [7, 11) is -3.15. The first-order valence-corrected chi connectivity index (χ1v) is 10.5. The first-order valence-electron chi connectivity index (χ1n) is 8.66. The second-order valence-corrected chi connectivity index (χ2v) is 9.15. The molecule has 1 aliphatic carbocycles. The molecule has 24 heavy (non-hydrogen) atoms. The van der Waals surface area contributed by atoms with Gasteiger partial charge in [-0.3, -0.25) is 4.79 Å². The van der Waals surface area contributed by atoms with Crippen molar-refractivity contribution >= 4 is 15.9 Å². The summed E-state index contributed by atoms with van der Waals surface area (Å²) in [6.07, 6.45) is 4.75. The van der Waals surface area contributed by atoms with Gasteiger partial charge in [0.1, 0.15) is 0 Å². The Morgan fingerprint density at radius 1 is 1.12 bits per heavy atom. The van der Waals surface area contributed by atoms with Crippen molar-refractivity contribution in [2.75, 3.05) is 19.3 Å². The maximum atomic E-state index is 12.7. The first kappa shape index (κ1) is 17.4. The number of nitrogens with one attached hydrogen (secondary N) is 1. The number of hydrogen-bond acceptors (Lipinski definition) is 3. The third kappa shape index (κ3) is 4.16. The molecule has 0 spiro atoms. The van der Waals surface area contributed by atoms with E-state index in [1.165, 1.54) is 21.7 Å². The van der Waals surface area contributed by atoms with Crippen LogP contribution < -0.4 is 5.32 Å². The molecule has 1 saturated carbocycles. The smallest absolute Gasteiger partial charge is 0.223 e.